The van der Waals surface area contributed by atoms with Crippen LogP contribution < -0.4 is 16.0 Å². The van der Waals surface area contributed by atoms with Crippen molar-refractivity contribution in [2.45, 2.75) is 31.7 Å². The van der Waals surface area contributed by atoms with E-state index >= 15 is 0 Å². The summed E-state index contributed by atoms with van der Waals surface area (Å²) in [6.45, 7) is 1.34. The first-order valence-corrected chi connectivity index (χ1v) is 9.43. The Kier molecular flexibility index (Phi) is 6.46. The van der Waals surface area contributed by atoms with Crippen molar-refractivity contribution in [2.24, 2.45) is 11.8 Å². The number of nitrogens with one attached hydrogen (secondary N) is 3. The molecule has 144 valence electrons. The highest BCUT2D eigenvalue weighted by atomic mass is 16.4. The molecule has 3 atom stereocenters. The van der Waals surface area contributed by atoms with E-state index < -0.39 is 5.97 Å². The number of aliphatic carboxylic acids is 1. The number of anilines is 1. The molecule has 0 radical (unpaired) electrons. The largest absolute Gasteiger partial charge is 0.481 e. The van der Waals surface area contributed by atoms with Crippen LogP contribution in [0.25, 0.3) is 0 Å². The zero-order valence-electron chi connectivity index (χ0n) is 15.2. The summed E-state index contributed by atoms with van der Waals surface area (Å²) in [6, 6.07) is 5.45. The maximum absolute atomic E-state index is 12.4. The minimum atomic E-state index is -0.787. The van der Waals surface area contributed by atoms with Crippen LogP contribution in [-0.4, -0.2) is 41.1 Å². The predicted molar refractivity (Wildman–Crippen MR) is 103 cm³/mol. The molecule has 3 rings (SSSR count). The third-order valence-corrected chi connectivity index (χ3v) is 5.01. The number of carbonyl (C=O) groups is 2. The molecule has 3 unspecified atom stereocenters. The van der Waals surface area contributed by atoms with Gasteiger partial charge in [-0.15, -0.1) is 0 Å². The molecule has 2 heterocycles. The average Bonchev–Trinajstić information content (AvgIpc) is 2.68. The first-order valence-electron chi connectivity index (χ1n) is 9.43. The molecule has 1 saturated heterocycles. The number of piperidine rings is 1. The molecule has 1 amide bonds. The van der Waals surface area contributed by atoms with Gasteiger partial charge in [-0.2, -0.15) is 0 Å². The molecule has 0 saturated carbocycles. The topological polar surface area (TPSA) is 103 Å². The second-order valence-electron chi connectivity index (χ2n) is 6.94. The van der Waals surface area contributed by atoms with Gasteiger partial charge in [-0.25, -0.2) is 4.98 Å². The van der Waals surface area contributed by atoms with Gasteiger partial charge in [0.1, 0.15) is 11.9 Å². The average molecular weight is 370 g/mol. The Morgan fingerprint density at radius 1 is 1.26 bits per heavy atom. The fraction of sp³-hybridized carbons (Fsp3) is 0.450. The van der Waals surface area contributed by atoms with Gasteiger partial charge in [-0.05, 0) is 43.4 Å². The molecule has 0 spiro atoms. The Balaban J connectivity index is 1.39. The van der Waals surface area contributed by atoms with E-state index in [1.54, 1.807) is 6.20 Å². The van der Waals surface area contributed by atoms with E-state index in [9.17, 15) is 9.59 Å². The number of pyridine rings is 1. The molecule has 0 aromatic carbocycles. The van der Waals surface area contributed by atoms with Crippen molar-refractivity contribution in [3.05, 3.63) is 48.3 Å². The normalized spacial score (nSPS) is 23.6. The first-order chi connectivity index (χ1) is 13.1. The lowest BCUT2D eigenvalue weighted by Gasteiger charge is -2.37. The number of hydrogen-bond donors (Lipinski definition) is 4. The van der Waals surface area contributed by atoms with Crippen LogP contribution in [0.4, 0.5) is 5.82 Å². The Bertz CT molecular complexity index is 717. The van der Waals surface area contributed by atoms with E-state index in [-0.39, 0.29) is 30.2 Å². The Morgan fingerprint density at radius 2 is 2.15 bits per heavy atom. The number of fused-ring (bicyclic) bond motifs is 1. The standard InChI is InChI=1S/C20H26N4O3/c25-19(26)13-14-5-3-6-16-15(14)8-9-17(24-16)20(27)23-12-4-11-22-18-7-1-2-10-21-18/h1-3,5-7,10,14-15,17,24H,4,8-9,11-13H2,(H,21,22)(H,23,27)(H,25,26). The molecule has 0 bridgehead atoms. The monoisotopic (exact) mass is 370 g/mol. The van der Waals surface area contributed by atoms with Crippen LogP contribution in [-0.2, 0) is 9.59 Å². The molecular weight excluding hydrogens is 344 g/mol. The van der Waals surface area contributed by atoms with Gasteiger partial charge in [0.15, 0.2) is 0 Å². The molecule has 7 heteroatoms. The third-order valence-electron chi connectivity index (χ3n) is 5.01. The van der Waals surface area contributed by atoms with Gasteiger partial charge in [0.2, 0.25) is 5.91 Å². The van der Waals surface area contributed by atoms with Gasteiger partial charge >= 0.3 is 5.97 Å². The molecule has 27 heavy (non-hydrogen) atoms. The molecule has 1 aliphatic carbocycles. The van der Waals surface area contributed by atoms with E-state index in [1.807, 2.05) is 36.4 Å². The van der Waals surface area contributed by atoms with Crippen molar-refractivity contribution < 1.29 is 14.7 Å². The summed E-state index contributed by atoms with van der Waals surface area (Å²) in [4.78, 5) is 27.6. The summed E-state index contributed by atoms with van der Waals surface area (Å²) in [5.74, 6) is 0.202. The van der Waals surface area contributed by atoms with Gasteiger partial charge in [-0.1, -0.05) is 18.2 Å². The number of rotatable bonds is 8. The van der Waals surface area contributed by atoms with Gasteiger partial charge in [0.05, 0.1) is 6.42 Å². The summed E-state index contributed by atoms with van der Waals surface area (Å²) >= 11 is 0. The van der Waals surface area contributed by atoms with Gasteiger partial charge in [-0.3, -0.25) is 9.59 Å². The van der Waals surface area contributed by atoms with Crippen LogP contribution in [0.5, 0.6) is 0 Å². The smallest absolute Gasteiger partial charge is 0.303 e. The Hall–Kier alpha value is -2.83. The molecular formula is C20H26N4O3. The number of nitrogens with zero attached hydrogens (tertiary/aromatic N) is 1. The van der Waals surface area contributed by atoms with E-state index in [4.69, 9.17) is 5.11 Å². The fourth-order valence-corrected chi connectivity index (χ4v) is 3.65. The maximum atomic E-state index is 12.4. The SMILES string of the molecule is O=C(O)CC1C=CC=C2NC(C(=O)NCCCNc3ccccn3)CCC21. The van der Waals surface area contributed by atoms with Gasteiger partial charge in [0.25, 0.3) is 0 Å². The van der Waals surface area contributed by atoms with Gasteiger partial charge in [0, 0.05) is 30.9 Å². The van der Waals surface area contributed by atoms with Crippen molar-refractivity contribution in [3.63, 3.8) is 0 Å². The van der Waals surface area contributed by atoms with E-state index in [1.165, 1.54) is 0 Å². The van der Waals surface area contributed by atoms with Crippen LogP contribution in [0, 0.1) is 11.8 Å². The van der Waals surface area contributed by atoms with Gasteiger partial charge < -0.3 is 21.1 Å². The zero-order valence-corrected chi connectivity index (χ0v) is 15.2. The van der Waals surface area contributed by atoms with Crippen LogP contribution in [0.2, 0.25) is 0 Å². The molecule has 1 aromatic rings. The third kappa shape index (κ3) is 5.32. The number of amides is 1. The highest BCUT2D eigenvalue weighted by molar-refractivity contribution is 5.82. The second kappa shape index (κ2) is 9.21. The van der Waals surface area contributed by atoms with Crippen LogP contribution in [0.3, 0.4) is 0 Å². The molecule has 2 aliphatic rings. The van der Waals surface area contributed by atoms with Crippen LogP contribution in [0.15, 0.2) is 48.3 Å². The lowest BCUT2D eigenvalue weighted by atomic mass is 9.77. The van der Waals surface area contributed by atoms with Crippen molar-refractivity contribution >= 4 is 17.7 Å². The van der Waals surface area contributed by atoms with Crippen LogP contribution in [0.1, 0.15) is 25.7 Å². The number of carboxylic acid groups (broad SMARTS) is 1. The second-order valence-corrected chi connectivity index (χ2v) is 6.94. The fourth-order valence-electron chi connectivity index (χ4n) is 3.65. The molecule has 4 N–H and O–H groups in total. The summed E-state index contributed by atoms with van der Waals surface area (Å²) < 4.78 is 0. The minimum absolute atomic E-state index is 0.00307. The van der Waals surface area contributed by atoms with Crippen molar-refractivity contribution in [2.75, 3.05) is 18.4 Å². The summed E-state index contributed by atoms with van der Waals surface area (Å²) in [7, 11) is 0. The minimum Gasteiger partial charge on any atom is -0.481 e. The predicted octanol–water partition coefficient (Wildman–Crippen LogP) is 1.91. The molecule has 1 aliphatic heterocycles. The summed E-state index contributed by atoms with van der Waals surface area (Å²) in [6.07, 6.45) is 10.0. The number of allylic oxidation sites excluding steroid dienone is 4. The number of hydrogen-bond acceptors (Lipinski definition) is 5. The lowest BCUT2D eigenvalue weighted by molar-refractivity contribution is -0.138. The summed E-state index contributed by atoms with van der Waals surface area (Å²) in [5, 5.41) is 18.6. The highest BCUT2D eigenvalue weighted by Gasteiger charge is 2.34. The summed E-state index contributed by atoms with van der Waals surface area (Å²) in [5.41, 5.74) is 0.979. The first kappa shape index (κ1) is 18.9. The molecule has 7 nitrogen and oxygen atoms in total. The quantitative estimate of drug-likeness (QED) is 0.521. The van der Waals surface area contributed by atoms with E-state index in [2.05, 4.69) is 20.9 Å². The maximum Gasteiger partial charge on any atom is 0.303 e. The molecule has 1 fully saturated rings. The van der Waals surface area contributed by atoms with Crippen LogP contribution >= 0.6 is 0 Å². The number of carbonyl (C=O) groups excluding carboxylic acids is 1. The van der Waals surface area contributed by atoms with Crippen molar-refractivity contribution in [3.8, 4) is 0 Å². The van der Waals surface area contributed by atoms with E-state index in [0.29, 0.717) is 13.0 Å². The zero-order chi connectivity index (χ0) is 19.1. The Morgan fingerprint density at radius 3 is 2.93 bits per heavy atom. The van der Waals surface area contributed by atoms with Crippen molar-refractivity contribution in [1.29, 1.82) is 0 Å². The number of carboxylic acids is 1. The molecule has 1 aromatic heterocycles. The Labute approximate surface area is 159 Å². The lowest BCUT2D eigenvalue weighted by Crippen LogP contribution is -2.49. The van der Waals surface area contributed by atoms with Crippen molar-refractivity contribution in [1.82, 2.24) is 15.6 Å². The number of aromatic nitrogens is 1. The van der Waals surface area contributed by atoms with E-state index in [0.717, 1.165) is 30.9 Å². The highest BCUT2D eigenvalue weighted by Crippen LogP contribution is 2.35.